The van der Waals surface area contributed by atoms with Crippen LogP contribution in [0.1, 0.15) is 40.5 Å². The predicted molar refractivity (Wildman–Crippen MR) is 89.6 cm³/mol. The average molecular weight is 343 g/mol. The maximum atomic E-state index is 12.5. The topological polar surface area (TPSA) is 81.1 Å². The number of phenolic OH excluding ortho intramolecular Hbond substituents is 1. The molecule has 0 aromatic heterocycles. The van der Waals surface area contributed by atoms with Crippen LogP contribution in [0.3, 0.4) is 0 Å². The van der Waals surface area contributed by atoms with Gasteiger partial charge in [0.25, 0.3) is 5.91 Å². The third-order valence-corrected chi connectivity index (χ3v) is 3.97. The number of hydrogen-bond acceptors (Lipinski definition) is 4. The van der Waals surface area contributed by atoms with Crippen LogP contribution in [0.4, 0.5) is 0 Å². The van der Waals surface area contributed by atoms with Gasteiger partial charge >= 0.3 is 5.97 Å². The van der Waals surface area contributed by atoms with Crippen molar-refractivity contribution in [3.8, 4) is 5.75 Å². The minimum atomic E-state index is -1.16. The highest BCUT2D eigenvalue weighted by atomic mass is 35.5. The molecule has 1 aliphatic heterocycles. The van der Waals surface area contributed by atoms with Crippen LogP contribution in [0.5, 0.6) is 5.75 Å². The Morgan fingerprint density at radius 1 is 1.17 bits per heavy atom. The number of likely N-dealkylation sites (N-methyl/N-ethyl adjacent to an activating group) is 1. The number of aromatic carboxylic acids is 1. The Morgan fingerprint density at radius 2 is 1.78 bits per heavy atom. The predicted octanol–water partition coefficient (Wildman–Crippen LogP) is 2.07. The molecule has 1 amide bonds. The van der Waals surface area contributed by atoms with E-state index in [1.165, 1.54) is 25.0 Å². The number of nitrogens with zero attached hydrogens (tertiary/aromatic N) is 2. The van der Waals surface area contributed by atoms with Crippen molar-refractivity contribution in [2.45, 2.75) is 19.8 Å². The van der Waals surface area contributed by atoms with Crippen molar-refractivity contribution in [2.24, 2.45) is 0 Å². The molecule has 1 aromatic carbocycles. The Labute approximate surface area is 142 Å². The average Bonchev–Trinajstić information content (AvgIpc) is 3.00. The van der Waals surface area contributed by atoms with Gasteiger partial charge in [-0.15, -0.1) is 12.4 Å². The summed E-state index contributed by atoms with van der Waals surface area (Å²) in [5.74, 6) is -1.62. The molecule has 0 radical (unpaired) electrons. The number of phenols is 1. The van der Waals surface area contributed by atoms with E-state index in [-0.39, 0.29) is 35.2 Å². The fraction of sp³-hybridized carbons (Fsp3) is 0.500. The van der Waals surface area contributed by atoms with Crippen LogP contribution in [-0.2, 0) is 0 Å². The molecular weight excluding hydrogens is 320 g/mol. The molecule has 7 heteroatoms. The van der Waals surface area contributed by atoms with Crippen LogP contribution >= 0.6 is 12.4 Å². The Bertz CT molecular complexity index is 559. The molecule has 1 aliphatic rings. The van der Waals surface area contributed by atoms with E-state index < -0.39 is 5.97 Å². The fourth-order valence-electron chi connectivity index (χ4n) is 2.71. The van der Waals surface area contributed by atoms with Crippen LogP contribution in [0.15, 0.2) is 18.2 Å². The van der Waals surface area contributed by atoms with E-state index in [2.05, 4.69) is 4.90 Å². The molecule has 2 N–H and O–H groups in total. The third kappa shape index (κ3) is 5.11. The van der Waals surface area contributed by atoms with Crippen LogP contribution < -0.4 is 0 Å². The van der Waals surface area contributed by atoms with Gasteiger partial charge in [-0.3, -0.25) is 4.79 Å². The number of halogens is 1. The highest BCUT2D eigenvalue weighted by molar-refractivity contribution is 5.98. The molecule has 0 spiro atoms. The van der Waals surface area contributed by atoms with Crippen molar-refractivity contribution in [3.63, 3.8) is 0 Å². The zero-order chi connectivity index (χ0) is 16.1. The molecule has 0 unspecified atom stereocenters. The SMILES string of the molecule is CCN(CCN1CCCC1)C(=O)c1cc(O)cc(C(=O)O)c1.Cl. The number of hydrogen-bond donors (Lipinski definition) is 2. The largest absolute Gasteiger partial charge is 0.508 e. The Hall–Kier alpha value is -1.79. The van der Waals surface area contributed by atoms with Crippen molar-refractivity contribution < 1.29 is 19.8 Å². The zero-order valence-corrected chi connectivity index (χ0v) is 14.0. The molecule has 0 atom stereocenters. The molecule has 128 valence electrons. The molecule has 0 saturated carbocycles. The summed E-state index contributed by atoms with van der Waals surface area (Å²) < 4.78 is 0. The molecule has 6 nitrogen and oxygen atoms in total. The number of aromatic hydroxyl groups is 1. The number of carboxylic acid groups (broad SMARTS) is 1. The van der Waals surface area contributed by atoms with E-state index in [4.69, 9.17) is 5.11 Å². The number of benzene rings is 1. The summed E-state index contributed by atoms with van der Waals surface area (Å²) >= 11 is 0. The lowest BCUT2D eigenvalue weighted by molar-refractivity contribution is 0.0696. The van der Waals surface area contributed by atoms with E-state index in [9.17, 15) is 14.7 Å². The van der Waals surface area contributed by atoms with Gasteiger partial charge in [-0.1, -0.05) is 0 Å². The molecule has 1 fully saturated rings. The van der Waals surface area contributed by atoms with Crippen molar-refractivity contribution in [1.82, 2.24) is 9.80 Å². The number of likely N-dealkylation sites (tertiary alicyclic amines) is 1. The van der Waals surface area contributed by atoms with E-state index in [0.29, 0.717) is 13.1 Å². The Kier molecular flexibility index (Phi) is 7.32. The van der Waals surface area contributed by atoms with Gasteiger partial charge in [-0.05, 0) is 51.1 Å². The van der Waals surface area contributed by atoms with E-state index in [0.717, 1.165) is 25.7 Å². The van der Waals surface area contributed by atoms with E-state index in [1.807, 2.05) is 6.92 Å². The number of carbonyl (C=O) groups is 2. The normalized spacial score (nSPS) is 14.3. The molecule has 1 heterocycles. The quantitative estimate of drug-likeness (QED) is 0.827. The van der Waals surface area contributed by atoms with Gasteiger partial charge in [-0.2, -0.15) is 0 Å². The number of carboxylic acids is 1. The van der Waals surface area contributed by atoms with Crippen molar-refractivity contribution in [3.05, 3.63) is 29.3 Å². The molecule has 1 aromatic rings. The summed E-state index contributed by atoms with van der Waals surface area (Å²) in [4.78, 5) is 27.5. The van der Waals surface area contributed by atoms with Crippen LogP contribution in [0.2, 0.25) is 0 Å². The summed E-state index contributed by atoms with van der Waals surface area (Å²) in [6.07, 6.45) is 2.41. The van der Waals surface area contributed by atoms with Gasteiger partial charge < -0.3 is 20.0 Å². The first kappa shape index (κ1) is 19.3. The molecule has 2 rings (SSSR count). The molecule has 23 heavy (non-hydrogen) atoms. The number of carbonyl (C=O) groups excluding carboxylic acids is 1. The van der Waals surface area contributed by atoms with Gasteiger partial charge in [0.2, 0.25) is 0 Å². The van der Waals surface area contributed by atoms with Gasteiger partial charge in [0.05, 0.1) is 5.56 Å². The standard InChI is InChI=1S/C16H22N2O4.ClH/c1-2-18(8-7-17-5-3-4-6-17)15(20)12-9-13(16(21)22)11-14(19)10-12;/h9-11,19H,2-8H2,1H3,(H,21,22);1H. The van der Waals surface area contributed by atoms with Crippen LogP contribution in [0.25, 0.3) is 0 Å². The summed E-state index contributed by atoms with van der Waals surface area (Å²) in [5, 5.41) is 18.6. The van der Waals surface area contributed by atoms with Crippen LogP contribution in [0, 0.1) is 0 Å². The first-order valence-electron chi connectivity index (χ1n) is 7.60. The summed E-state index contributed by atoms with van der Waals surface area (Å²) in [5.41, 5.74) is 0.125. The lowest BCUT2D eigenvalue weighted by atomic mass is 10.1. The second-order valence-electron chi connectivity index (χ2n) is 5.51. The van der Waals surface area contributed by atoms with E-state index >= 15 is 0 Å². The van der Waals surface area contributed by atoms with Crippen molar-refractivity contribution >= 4 is 24.3 Å². The lowest BCUT2D eigenvalue weighted by Gasteiger charge is -2.24. The number of rotatable bonds is 6. The van der Waals surface area contributed by atoms with Crippen LogP contribution in [-0.4, -0.2) is 64.6 Å². The van der Waals surface area contributed by atoms with Gasteiger partial charge in [0.1, 0.15) is 5.75 Å². The van der Waals surface area contributed by atoms with Crippen molar-refractivity contribution in [2.75, 3.05) is 32.7 Å². The third-order valence-electron chi connectivity index (χ3n) is 3.97. The smallest absolute Gasteiger partial charge is 0.335 e. The van der Waals surface area contributed by atoms with Crippen molar-refractivity contribution in [1.29, 1.82) is 0 Å². The summed E-state index contributed by atoms with van der Waals surface area (Å²) in [6, 6.07) is 3.76. The van der Waals surface area contributed by atoms with Gasteiger partial charge in [0.15, 0.2) is 0 Å². The van der Waals surface area contributed by atoms with Gasteiger partial charge in [0, 0.05) is 25.2 Å². The van der Waals surface area contributed by atoms with Gasteiger partial charge in [-0.25, -0.2) is 4.79 Å². The summed E-state index contributed by atoms with van der Waals surface area (Å²) in [7, 11) is 0. The highest BCUT2D eigenvalue weighted by Gasteiger charge is 2.19. The minimum absolute atomic E-state index is 0. The number of amides is 1. The Morgan fingerprint density at radius 3 is 2.35 bits per heavy atom. The first-order chi connectivity index (χ1) is 10.5. The minimum Gasteiger partial charge on any atom is -0.508 e. The van der Waals surface area contributed by atoms with E-state index in [1.54, 1.807) is 4.90 Å². The maximum Gasteiger partial charge on any atom is 0.335 e. The maximum absolute atomic E-state index is 12.5. The fourth-order valence-corrected chi connectivity index (χ4v) is 2.71. The summed E-state index contributed by atoms with van der Waals surface area (Å²) in [6.45, 7) is 6.01. The zero-order valence-electron chi connectivity index (χ0n) is 13.2. The first-order valence-corrected chi connectivity index (χ1v) is 7.60. The Balaban J connectivity index is 0.00000264. The highest BCUT2D eigenvalue weighted by Crippen LogP contribution is 2.18. The molecular formula is C16H23ClN2O4. The molecule has 1 saturated heterocycles. The second-order valence-corrected chi connectivity index (χ2v) is 5.51. The molecule has 0 aliphatic carbocycles. The monoisotopic (exact) mass is 342 g/mol. The second kappa shape index (κ2) is 8.74. The lowest BCUT2D eigenvalue weighted by Crippen LogP contribution is -2.37. The molecule has 0 bridgehead atoms.